The number of halogens is 1. The zero-order valence-corrected chi connectivity index (χ0v) is 9.82. The molecule has 0 spiro atoms. The number of carboxylic acid groups (broad SMARTS) is 1. The van der Waals surface area contributed by atoms with E-state index in [2.05, 4.69) is 20.5 Å². The van der Waals surface area contributed by atoms with Crippen molar-refractivity contribution in [3.63, 3.8) is 0 Å². The van der Waals surface area contributed by atoms with E-state index in [9.17, 15) is 9.18 Å². The minimum Gasteiger partial charge on any atom is -0.481 e. The van der Waals surface area contributed by atoms with Crippen molar-refractivity contribution in [2.24, 2.45) is 5.41 Å². The lowest BCUT2D eigenvalue weighted by Crippen LogP contribution is -2.22. The number of hydrogen-bond acceptors (Lipinski definition) is 5. The highest BCUT2D eigenvalue weighted by atomic mass is 19.1. The maximum atomic E-state index is 12.8. The summed E-state index contributed by atoms with van der Waals surface area (Å²) in [5.41, 5.74) is -0.364. The van der Waals surface area contributed by atoms with Gasteiger partial charge in [0.25, 0.3) is 0 Å². The van der Waals surface area contributed by atoms with E-state index in [-0.39, 0.29) is 6.54 Å². The molecule has 1 N–H and O–H groups in total. The molecule has 8 heteroatoms. The van der Waals surface area contributed by atoms with E-state index in [1.165, 1.54) is 16.8 Å². The molecule has 0 aromatic carbocycles. The van der Waals surface area contributed by atoms with Crippen LogP contribution in [0.4, 0.5) is 4.39 Å². The van der Waals surface area contributed by atoms with E-state index in [1.807, 2.05) is 0 Å². The van der Waals surface area contributed by atoms with Gasteiger partial charge in [-0.05, 0) is 35.4 Å². The van der Waals surface area contributed by atoms with Gasteiger partial charge in [-0.3, -0.25) is 4.79 Å². The predicted molar refractivity (Wildman–Crippen MR) is 60.3 cm³/mol. The van der Waals surface area contributed by atoms with Gasteiger partial charge in [-0.1, -0.05) is 0 Å². The van der Waals surface area contributed by atoms with E-state index >= 15 is 0 Å². The van der Waals surface area contributed by atoms with Crippen molar-refractivity contribution in [1.82, 2.24) is 25.2 Å². The van der Waals surface area contributed by atoms with Crippen molar-refractivity contribution in [2.45, 2.75) is 19.4 Å². The summed E-state index contributed by atoms with van der Waals surface area (Å²) in [5, 5.41) is 20.3. The molecule has 2 heterocycles. The topological polar surface area (TPSA) is 93.8 Å². The Kier molecular flexibility index (Phi) is 2.51. The molecule has 2 aromatic rings. The zero-order valence-electron chi connectivity index (χ0n) is 9.82. The Hall–Kier alpha value is -2.38. The van der Waals surface area contributed by atoms with Gasteiger partial charge in [-0.2, -0.15) is 0 Å². The third kappa shape index (κ3) is 2.05. The quantitative estimate of drug-likeness (QED) is 0.874. The number of nitrogens with zero attached hydrogens (tertiary/aromatic N) is 5. The number of tetrazole rings is 1. The van der Waals surface area contributed by atoms with Gasteiger partial charge in [0.2, 0.25) is 5.82 Å². The predicted octanol–water partition coefficient (Wildman–Crippen LogP) is 0.739. The van der Waals surface area contributed by atoms with Crippen molar-refractivity contribution in [2.75, 3.05) is 0 Å². The van der Waals surface area contributed by atoms with Crippen molar-refractivity contribution >= 4 is 5.97 Å². The van der Waals surface area contributed by atoms with Crippen LogP contribution in [0.3, 0.4) is 0 Å². The van der Waals surface area contributed by atoms with Crippen LogP contribution in [0.25, 0.3) is 11.5 Å². The molecule has 1 aliphatic carbocycles. The lowest BCUT2D eigenvalue weighted by atomic mass is 10.1. The normalized spacial score (nSPS) is 16.3. The van der Waals surface area contributed by atoms with Crippen LogP contribution in [-0.4, -0.2) is 36.3 Å². The lowest BCUT2D eigenvalue weighted by Gasteiger charge is -2.10. The fourth-order valence-corrected chi connectivity index (χ4v) is 1.88. The smallest absolute Gasteiger partial charge is 0.311 e. The van der Waals surface area contributed by atoms with Crippen LogP contribution in [0.15, 0.2) is 18.3 Å². The molecule has 0 aliphatic heterocycles. The van der Waals surface area contributed by atoms with Gasteiger partial charge in [0.1, 0.15) is 11.5 Å². The van der Waals surface area contributed by atoms with E-state index in [1.54, 1.807) is 0 Å². The van der Waals surface area contributed by atoms with Crippen LogP contribution in [0.2, 0.25) is 0 Å². The Morgan fingerprint density at radius 1 is 1.47 bits per heavy atom. The summed E-state index contributed by atoms with van der Waals surface area (Å²) in [6.07, 6.45) is 2.29. The molecule has 19 heavy (non-hydrogen) atoms. The number of pyridine rings is 1. The molecular formula is C11H10FN5O2. The van der Waals surface area contributed by atoms with Gasteiger partial charge in [-0.25, -0.2) is 14.1 Å². The van der Waals surface area contributed by atoms with Gasteiger partial charge < -0.3 is 5.11 Å². The average molecular weight is 263 g/mol. The summed E-state index contributed by atoms with van der Waals surface area (Å²) >= 11 is 0. The van der Waals surface area contributed by atoms with Gasteiger partial charge in [0.15, 0.2) is 0 Å². The van der Waals surface area contributed by atoms with Crippen molar-refractivity contribution in [3.8, 4) is 11.5 Å². The first kappa shape index (κ1) is 11.7. The van der Waals surface area contributed by atoms with E-state index in [0.29, 0.717) is 24.4 Å². The molecule has 0 bridgehead atoms. The highest BCUT2D eigenvalue weighted by molar-refractivity contribution is 5.77. The van der Waals surface area contributed by atoms with Crippen LogP contribution in [0.5, 0.6) is 0 Å². The van der Waals surface area contributed by atoms with Crippen LogP contribution >= 0.6 is 0 Å². The monoisotopic (exact) mass is 263 g/mol. The summed E-state index contributed by atoms with van der Waals surface area (Å²) in [7, 11) is 0. The van der Waals surface area contributed by atoms with Crippen LogP contribution in [-0.2, 0) is 11.3 Å². The molecule has 1 aliphatic rings. The molecule has 1 fully saturated rings. The number of hydrogen-bond donors (Lipinski definition) is 1. The zero-order chi connectivity index (χ0) is 13.5. The van der Waals surface area contributed by atoms with E-state index in [4.69, 9.17) is 5.11 Å². The second-order valence-corrected chi connectivity index (χ2v) is 4.61. The van der Waals surface area contributed by atoms with Gasteiger partial charge in [-0.15, -0.1) is 5.10 Å². The third-order valence-corrected chi connectivity index (χ3v) is 3.25. The van der Waals surface area contributed by atoms with Crippen LogP contribution in [0, 0.1) is 11.2 Å². The van der Waals surface area contributed by atoms with E-state index in [0.717, 1.165) is 6.20 Å². The van der Waals surface area contributed by atoms with Gasteiger partial charge in [0, 0.05) is 0 Å². The Labute approximate surface area is 107 Å². The number of aromatic nitrogens is 5. The average Bonchev–Trinajstić information content (AvgIpc) is 3.03. The fraction of sp³-hybridized carbons (Fsp3) is 0.364. The molecule has 0 atom stereocenters. The summed E-state index contributed by atoms with van der Waals surface area (Å²) < 4.78 is 14.2. The standard InChI is InChI=1S/C11H10FN5O2/c12-7-1-2-8(13-5-7)9-14-15-16-17(9)6-11(3-4-11)10(18)19/h1-2,5H,3-4,6H2,(H,18,19). The molecule has 3 rings (SSSR count). The van der Waals surface area contributed by atoms with Gasteiger partial charge >= 0.3 is 5.97 Å². The number of rotatable bonds is 4. The minimum absolute atomic E-state index is 0.198. The highest BCUT2D eigenvalue weighted by Gasteiger charge is 2.51. The maximum absolute atomic E-state index is 12.8. The van der Waals surface area contributed by atoms with Crippen molar-refractivity contribution < 1.29 is 14.3 Å². The first-order valence-corrected chi connectivity index (χ1v) is 5.72. The van der Waals surface area contributed by atoms with Crippen molar-refractivity contribution in [3.05, 3.63) is 24.1 Å². The molecule has 0 radical (unpaired) electrons. The summed E-state index contributed by atoms with van der Waals surface area (Å²) in [6.45, 7) is 0.198. The molecule has 1 saturated carbocycles. The minimum atomic E-state index is -0.846. The molecule has 0 amide bonds. The SMILES string of the molecule is O=C(O)C1(Cn2nnnc2-c2ccc(F)cn2)CC1. The number of carboxylic acids is 1. The largest absolute Gasteiger partial charge is 0.481 e. The summed E-state index contributed by atoms with van der Waals surface area (Å²) in [6, 6.07) is 2.71. The molecular weight excluding hydrogens is 253 g/mol. The molecule has 0 unspecified atom stereocenters. The third-order valence-electron chi connectivity index (χ3n) is 3.25. The highest BCUT2D eigenvalue weighted by Crippen LogP contribution is 2.47. The van der Waals surface area contributed by atoms with Crippen LogP contribution < -0.4 is 0 Å². The first-order chi connectivity index (χ1) is 9.11. The first-order valence-electron chi connectivity index (χ1n) is 5.72. The Morgan fingerprint density at radius 2 is 2.26 bits per heavy atom. The summed E-state index contributed by atoms with van der Waals surface area (Å²) in [4.78, 5) is 15.0. The fourth-order valence-electron chi connectivity index (χ4n) is 1.88. The Bertz CT molecular complexity index is 620. The lowest BCUT2D eigenvalue weighted by molar-refractivity contribution is -0.144. The van der Waals surface area contributed by atoms with E-state index < -0.39 is 17.2 Å². The second kappa shape index (κ2) is 4.08. The van der Waals surface area contributed by atoms with Crippen molar-refractivity contribution in [1.29, 1.82) is 0 Å². The number of carbonyl (C=O) groups is 1. The molecule has 2 aromatic heterocycles. The molecule has 7 nitrogen and oxygen atoms in total. The summed E-state index contributed by atoms with van der Waals surface area (Å²) in [5.74, 6) is -0.958. The molecule has 0 saturated heterocycles. The Morgan fingerprint density at radius 3 is 2.84 bits per heavy atom. The Balaban J connectivity index is 1.91. The van der Waals surface area contributed by atoms with Crippen LogP contribution in [0.1, 0.15) is 12.8 Å². The van der Waals surface area contributed by atoms with Gasteiger partial charge in [0.05, 0.1) is 18.2 Å². The second-order valence-electron chi connectivity index (χ2n) is 4.61. The maximum Gasteiger partial charge on any atom is 0.311 e. The molecule has 98 valence electrons. The number of aliphatic carboxylic acids is 1.